The van der Waals surface area contributed by atoms with Crippen LogP contribution in [0.25, 0.3) is 16.8 Å². The molecule has 1 spiro atoms. The van der Waals surface area contributed by atoms with E-state index in [4.69, 9.17) is 30.0 Å². The highest BCUT2D eigenvalue weighted by Crippen LogP contribution is 2.55. The number of carbonyl (C=O) groups is 4. The van der Waals surface area contributed by atoms with Crippen molar-refractivity contribution in [2.45, 2.75) is 35.6 Å². The molecule has 0 saturated carbocycles. The minimum absolute atomic E-state index is 0.0718. The lowest BCUT2D eigenvalue weighted by molar-refractivity contribution is -0.148. The number of nitrogens with zero attached hydrogens (tertiary/aromatic N) is 6. The second kappa shape index (κ2) is 15.6. The van der Waals surface area contributed by atoms with Crippen LogP contribution in [0.2, 0.25) is 0 Å². The number of thiazole rings is 1. The Morgan fingerprint density at radius 2 is 1.78 bits per heavy atom. The predicted molar refractivity (Wildman–Crippen MR) is 227 cm³/mol. The zero-order chi connectivity index (χ0) is 43.6. The number of β-lactam (4-membered cyclic amide) rings is 1. The van der Waals surface area contributed by atoms with Crippen LogP contribution in [0.3, 0.4) is 0 Å². The van der Waals surface area contributed by atoms with Gasteiger partial charge in [-0.1, -0.05) is 59.8 Å². The Bertz CT molecular complexity index is 2940. The summed E-state index contributed by atoms with van der Waals surface area (Å²) >= 11 is 3.73. The van der Waals surface area contributed by atoms with E-state index in [-0.39, 0.29) is 46.4 Å². The molecule has 0 radical (unpaired) electrons. The molecule has 3 aromatic heterocycles. The van der Waals surface area contributed by atoms with Crippen molar-refractivity contribution in [3.05, 3.63) is 130 Å². The molecule has 4 aliphatic rings. The molecular formula is C41H31N9O10S3. The van der Waals surface area contributed by atoms with Crippen molar-refractivity contribution in [2.24, 2.45) is 5.16 Å². The highest BCUT2D eigenvalue weighted by atomic mass is 32.2. The van der Waals surface area contributed by atoms with Gasteiger partial charge < -0.3 is 35.2 Å². The maximum atomic E-state index is 13.9. The molecule has 0 unspecified atom stereocenters. The Balaban J connectivity index is 0.832. The van der Waals surface area contributed by atoms with Gasteiger partial charge in [0.05, 0.1) is 0 Å². The first-order valence-corrected chi connectivity index (χ1v) is 21.9. The van der Waals surface area contributed by atoms with Crippen LogP contribution in [0.1, 0.15) is 38.7 Å². The number of pyridine rings is 1. The van der Waals surface area contributed by atoms with Crippen LogP contribution >= 0.6 is 34.9 Å². The molecule has 3 amide bonds. The summed E-state index contributed by atoms with van der Waals surface area (Å²) in [5.74, 6) is -2.20. The zero-order valence-electron chi connectivity index (χ0n) is 32.5. The van der Waals surface area contributed by atoms with Crippen molar-refractivity contribution < 1.29 is 48.5 Å². The van der Waals surface area contributed by atoms with Crippen LogP contribution in [0.5, 0.6) is 11.5 Å². The van der Waals surface area contributed by atoms with Gasteiger partial charge in [-0.15, -0.1) is 40.0 Å². The van der Waals surface area contributed by atoms with E-state index in [0.29, 0.717) is 38.9 Å². The Kier molecular flexibility index (Phi) is 9.92. The molecule has 3 aromatic carbocycles. The Labute approximate surface area is 367 Å². The topological polar surface area (TPSA) is 254 Å². The number of oxime groups is 1. The number of hydrogen-bond donors (Lipinski definition) is 5. The van der Waals surface area contributed by atoms with Crippen LogP contribution in [0.4, 0.5) is 9.93 Å². The second-order valence-corrected chi connectivity index (χ2v) is 17.4. The summed E-state index contributed by atoms with van der Waals surface area (Å²) in [6.07, 6.45) is -1.61. The fourth-order valence-corrected chi connectivity index (χ4v) is 10.7. The van der Waals surface area contributed by atoms with Gasteiger partial charge in [0.15, 0.2) is 28.0 Å². The zero-order valence-corrected chi connectivity index (χ0v) is 35.0. The van der Waals surface area contributed by atoms with E-state index in [9.17, 15) is 24.3 Å². The third-order valence-corrected chi connectivity index (χ3v) is 13.6. The molecule has 1 fully saturated rings. The van der Waals surface area contributed by atoms with Crippen LogP contribution in [-0.4, -0.2) is 87.3 Å². The van der Waals surface area contributed by atoms with Crippen molar-refractivity contribution in [3.63, 3.8) is 0 Å². The molecule has 22 heteroatoms. The van der Waals surface area contributed by atoms with Gasteiger partial charge in [0.2, 0.25) is 11.7 Å². The fraction of sp³-hybridized carbons (Fsp3) is 0.171. The number of hydroxylamine groups is 1. The number of aryl methyl sites for hydroxylation is 1. The van der Waals surface area contributed by atoms with Crippen molar-refractivity contribution in [1.82, 2.24) is 35.3 Å². The summed E-state index contributed by atoms with van der Waals surface area (Å²) in [6.45, 7) is 1.68. The van der Waals surface area contributed by atoms with E-state index < -0.39 is 41.1 Å². The highest BCUT2D eigenvalue weighted by Gasteiger charge is 2.55. The molecule has 19 nitrogen and oxygen atoms in total. The Hall–Kier alpha value is -7.14. The number of nitrogens with two attached hydrogens (primary N) is 1. The Morgan fingerprint density at radius 3 is 2.49 bits per heavy atom. The summed E-state index contributed by atoms with van der Waals surface area (Å²) in [5, 5.41) is 30.6. The first-order valence-electron chi connectivity index (χ1n) is 19.0. The van der Waals surface area contributed by atoms with E-state index in [1.807, 2.05) is 48.5 Å². The Morgan fingerprint density at radius 1 is 1.03 bits per heavy atom. The maximum Gasteiger partial charge on any atom is 0.512 e. The molecule has 1 saturated heterocycles. The number of nitrogens with one attached hydrogen (secondary N) is 2. The lowest BCUT2D eigenvalue weighted by Gasteiger charge is -2.49. The number of ether oxygens (including phenoxy) is 3. The molecule has 2 atom stereocenters. The maximum absolute atomic E-state index is 13.9. The van der Waals surface area contributed by atoms with Gasteiger partial charge in [0.25, 0.3) is 11.8 Å². The molecule has 6 N–H and O–H groups in total. The van der Waals surface area contributed by atoms with Crippen LogP contribution < -0.4 is 26.0 Å². The minimum Gasteiger partial charge on any atom is -0.449 e. The smallest absolute Gasteiger partial charge is 0.449 e. The van der Waals surface area contributed by atoms with E-state index >= 15 is 0 Å². The summed E-state index contributed by atoms with van der Waals surface area (Å²) in [7, 11) is 0. The summed E-state index contributed by atoms with van der Waals surface area (Å²) in [4.78, 5) is 67.3. The van der Waals surface area contributed by atoms with E-state index in [0.717, 1.165) is 33.6 Å². The monoisotopic (exact) mass is 905 g/mol. The molecule has 10 rings (SSSR count). The van der Waals surface area contributed by atoms with Gasteiger partial charge >= 0.3 is 17.8 Å². The van der Waals surface area contributed by atoms with Crippen LogP contribution in [0.15, 0.2) is 106 Å². The number of amides is 3. The van der Waals surface area contributed by atoms with Gasteiger partial charge in [0, 0.05) is 44.2 Å². The van der Waals surface area contributed by atoms with Gasteiger partial charge in [-0.2, -0.15) is 0 Å². The highest BCUT2D eigenvalue weighted by molar-refractivity contribution is 8.01. The number of hydrogen-bond acceptors (Lipinski definition) is 17. The molecule has 318 valence electrons. The van der Waals surface area contributed by atoms with Crippen molar-refractivity contribution in [3.8, 4) is 22.6 Å². The van der Waals surface area contributed by atoms with E-state index in [1.165, 1.54) is 43.8 Å². The largest absolute Gasteiger partial charge is 0.512 e. The minimum atomic E-state index is -1.61. The predicted octanol–water partition coefficient (Wildman–Crippen LogP) is 4.87. The first-order chi connectivity index (χ1) is 30.5. The third-order valence-electron chi connectivity index (χ3n) is 10.5. The summed E-state index contributed by atoms with van der Waals surface area (Å²) < 4.78 is 19.7. The number of carboxylic acid groups (broad SMARTS) is 1. The van der Waals surface area contributed by atoms with Crippen molar-refractivity contribution >= 4 is 75.2 Å². The fourth-order valence-electron chi connectivity index (χ4n) is 7.72. The lowest BCUT2D eigenvalue weighted by Crippen LogP contribution is -2.70. The van der Waals surface area contributed by atoms with Gasteiger partial charge in [-0.25, -0.2) is 24.8 Å². The quantitative estimate of drug-likeness (QED) is 0.0290. The normalized spacial score (nSPS) is 17.8. The van der Waals surface area contributed by atoms with Crippen molar-refractivity contribution in [2.75, 3.05) is 17.2 Å². The lowest BCUT2D eigenvalue weighted by atomic mass is 10.0. The molecule has 63 heavy (non-hydrogen) atoms. The number of thioether (sulfide) groups is 2. The summed E-state index contributed by atoms with van der Waals surface area (Å²) in [5.41, 5.74) is 13.3. The number of anilines is 1. The standard InChI is InChI=1S/C41H31N9O10S3/c1-19-12-22(14-30-44-33(35(52)47-56)46-50(19)30)61-16-21-17-62-38-32(36(53)49(38)37(21)58-40(54)55)45-34(51)31(27-18-63-39(42)43-27)48-57-15-20-10-11-28-29(13-20)60-41(59-28)25-8-4-2-6-23(25)24-7-3-5-9-26(24)41/h2-14,18,32,38,56H,15-17H2,1H3,(H2,42,43)(H,45,51)(H,47,52)(H,54,55)/b48-31-/t32-,38-/m1/s1. The number of benzene rings is 3. The number of carbonyl (C=O) groups excluding carboxylic acids is 3. The molecule has 3 aliphatic heterocycles. The summed E-state index contributed by atoms with van der Waals surface area (Å²) in [6, 6.07) is 23.7. The molecule has 6 heterocycles. The number of aromatic nitrogens is 4. The SMILES string of the molecule is Cc1cc(SCC2=C(OC(=O)O)N3C(=O)[C@@H](NC(=O)/C(=N\OCc4ccc5c(c4)OC4(O5)c5ccccc5-c5ccccc54)c4csc(N)n4)[C@H]3SC2)cc2nc(C(=O)NO)nn12. The van der Waals surface area contributed by atoms with Gasteiger partial charge in [-0.3, -0.25) is 24.5 Å². The third kappa shape index (κ3) is 6.92. The first kappa shape index (κ1) is 40.0. The van der Waals surface area contributed by atoms with Gasteiger partial charge in [0.1, 0.15) is 23.7 Å². The number of nitrogen functional groups attached to an aromatic ring is 1. The van der Waals surface area contributed by atoms with Gasteiger partial charge in [-0.05, 0) is 47.9 Å². The molecule has 0 bridgehead atoms. The van der Waals surface area contributed by atoms with E-state index in [2.05, 4.69) is 25.5 Å². The molecular weight excluding hydrogens is 875 g/mol. The number of fused-ring (bicyclic) bond motifs is 8. The van der Waals surface area contributed by atoms with Crippen molar-refractivity contribution in [1.29, 1.82) is 0 Å². The number of rotatable bonds is 11. The molecule has 1 aliphatic carbocycles. The van der Waals surface area contributed by atoms with E-state index in [1.54, 1.807) is 37.3 Å². The second-order valence-electron chi connectivity index (χ2n) is 14.4. The molecule has 6 aromatic rings. The average Bonchev–Trinajstić information content (AvgIpc) is 4.07. The van der Waals surface area contributed by atoms with Crippen LogP contribution in [0, 0.1) is 6.92 Å². The van der Waals surface area contributed by atoms with Crippen LogP contribution in [-0.2, 0) is 31.6 Å². The average molecular weight is 906 g/mol.